The third-order valence-electron chi connectivity index (χ3n) is 6.52. The molecule has 1 aromatic heterocycles. The van der Waals surface area contributed by atoms with E-state index in [9.17, 15) is 4.79 Å². The van der Waals surface area contributed by atoms with Crippen molar-refractivity contribution in [2.75, 3.05) is 6.54 Å². The van der Waals surface area contributed by atoms with Gasteiger partial charge in [-0.1, -0.05) is 43.2 Å². The Morgan fingerprint density at radius 3 is 2.92 bits per heavy atom. The van der Waals surface area contributed by atoms with Gasteiger partial charge >= 0.3 is 6.03 Å². The van der Waals surface area contributed by atoms with Gasteiger partial charge in [-0.25, -0.2) is 4.79 Å². The number of nitrogens with zero attached hydrogens (tertiary/aromatic N) is 4. The molecule has 1 aromatic carbocycles. The third kappa shape index (κ3) is 2.27. The zero-order valence-corrected chi connectivity index (χ0v) is 15.0. The lowest BCUT2D eigenvalue weighted by Crippen LogP contribution is -2.69. The van der Waals surface area contributed by atoms with Gasteiger partial charge in [0.2, 0.25) is 0 Å². The average Bonchev–Trinajstić information content (AvgIpc) is 3.26. The van der Waals surface area contributed by atoms with Gasteiger partial charge in [-0.2, -0.15) is 0 Å². The molecule has 2 atom stereocenters. The number of rotatable bonds is 3. The summed E-state index contributed by atoms with van der Waals surface area (Å²) in [6.07, 6.45) is 6.86. The lowest BCUT2D eigenvalue weighted by molar-refractivity contribution is -0.0794. The van der Waals surface area contributed by atoms with Crippen LogP contribution >= 0.6 is 0 Å². The van der Waals surface area contributed by atoms with Crippen LogP contribution in [0.25, 0.3) is 0 Å². The first-order valence-electron chi connectivity index (χ1n) is 9.81. The molecule has 3 heterocycles. The molecular formula is C20H25N5O. The maximum Gasteiger partial charge on any atom is 0.318 e. The Bertz CT molecular complexity index is 817. The van der Waals surface area contributed by atoms with Crippen LogP contribution in [0.2, 0.25) is 0 Å². The maximum absolute atomic E-state index is 13.0. The molecule has 2 aromatic rings. The normalized spacial score (nSPS) is 26.8. The second-order valence-corrected chi connectivity index (χ2v) is 7.79. The standard InChI is InChI=1S/C20H25N5O/c26-19(21-13-18-23-22-17-10-6-12-24(17)18)25-14-16-9-4-5-11-20(16,25)15-7-2-1-3-8-15/h1-3,7-8,16H,4-6,9-14H2,(H,21,26)/t16-,20-/m1/s1. The summed E-state index contributed by atoms with van der Waals surface area (Å²) < 4.78 is 2.15. The zero-order chi connectivity index (χ0) is 17.6. The lowest BCUT2D eigenvalue weighted by atomic mass is 9.62. The second kappa shape index (κ2) is 6.11. The number of benzene rings is 1. The highest BCUT2D eigenvalue weighted by Gasteiger charge is 2.57. The van der Waals surface area contributed by atoms with E-state index in [4.69, 9.17) is 0 Å². The van der Waals surface area contributed by atoms with Crippen LogP contribution in [-0.2, 0) is 25.0 Å². The SMILES string of the molecule is O=C(NCc1nnc2n1CCC2)N1C[C@H]2CCCC[C@@]21c1ccccc1. The molecule has 0 radical (unpaired) electrons. The van der Waals surface area contributed by atoms with Gasteiger partial charge in [-0.15, -0.1) is 10.2 Å². The van der Waals surface area contributed by atoms with E-state index in [2.05, 4.69) is 49.2 Å². The molecule has 1 N–H and O–H groups in total. The molecule has 1 saturated carbocycles. The summed E-state index contributed by atoms with van der Waals surface area (Å²) in [5.41, 5.74) is 1.17. The molecule has 2 amide bonds. The van der Waals surface area contributed by atoms with Crippen molar-refractivity contribution in [1.29, 1.82) is 0 Å². The predicted octanol–water partition coefficient (Wildman–Crippen LogP) is 2.84. The number of hydrogen-bond acceptors (Lipinski definition) is 3. The highest BCUT2D eigenvalue weighted by atomic mass is 16.2. The van der Waals surface area contributed by atoms with Crippen molar-refractivity contribution in [3.63, 3.8) is 0 Å². The topological polar surface area (TPSA) is 63.1 Å². The maximum atomic E-state index is 13.0. The van der Waals surface area contributed by atoms with E-state index in [-0.39, 0.29) is 11.6 Å². The Balaban J connectivity index is 1.34. The number of fused-ring (bicyclic) bond motifs is 2. The minimum atomic E-state index is -0.115. The molecule has 136 valence electrons. The van der Waals surface area contributed by atoms with E-state index < -0.39 is 0 Å². The van der Waals surface area contributed by atoms with Crippen LogP contribution < -0.4 is 5.32 Å². The average molecular weight is 351 g/mol. The lowest BCUT2D eigenvalue weighted by Gasteiger charge is -2.61. The Kier molecular flexibility index (Phi) is 3.72. The van der Waals surface area contributed by atoms with Crippen LogP contribution in [0.1, 0.15) is 49.3 Å². The minimum absolute atomic E-state index is 0.0300. The first-order valence-corrected chi connectivity index (χ1v) is 9.81. The van der Waals surface area contributed by atoms with Crippen LogP contribution in [0, 0.1) is 5.92 Å². The first-order chi connectivity index (χ1) is 12.8. The predicted molar refractivity (Wildman–Crippen MR) is 97.4 cm³/mol. The fourth-order valence-electron chi connectivity index (χ4n) is 5.22. The molecule has 0 spiro atoms. The van der Waals surface area contributed by atoms with Gasteiger partial charge in [0.25, 0.3) is 0 Å². The van der Waals surface area contributed by atoms with Gasteiger partial charge in [-0.05, 0) is 24.8 Å². The van der Waals surface area contributed by atoms with Gasteiger partial charge in [0.15, 0.2) is 5.82 Å². The van der Waals surface area contributed by atoms with Gasteiger partial charge in [0.1, 0.15) is 5.82 Å². The molecule has 2 fully saturated rings. The molecule has 6 heteroatoms. The number of aryl methyl sites for hydroxylation is 1. The second-order valence-electron chi connectivity index (χ2n) is 7.79. The van der Waals surface area contributed by atoms with Crippen molar-refractivity contribution in [3.05, 3.63) is 47.5 Å². The number of carbonyl (C=O) groups is 1. The van der Waals surface area contributed by atoms with Crippen LogP contribution in [0.3, 0.4) is 0 Å². The number of amides is 2. The van der Waals surface area contributed by atoms with Crippen molar-refractivity contribution < 1.29 is 4.79 Å². The smallest absolute Gasteiger partial charge is 0.318 e. The van der Waals surface area contributed by atoms with Crippen LogP contribution in [0.5, 0.6) is 0 Å². The van der Waals surface area contributed by atoms with E-state index in [1.807, 2.05) is 6.07 Å². The van der Waals surface area contributed by atoms with E-state index in [1.54, 1.807) is 0 Å². The van der Waals surface area contributed by atoms with E-state index in [0.717, 1.165) is 44.0 Å². The van der Waals surface area contributed by atoms with Crippen molar-refractivity contribution in [2.24, 2.45) is 5.92 Å². The summed E-state index contributed by atoms with van der Waals surface area (Å²) in [6.45, 7) is 2.28. The fraction of sp³-hybridized carbons (Fsp3) is 0.550. The van der Waals surface area contributed by atoms with E-state index in [0.29, 0.717) is 12.5 Å². The number of nitrogens with one attached hydrogen (secondary N) is 1. The largest absolute Gasteiger partial charge is 0.331 e. The van der Waals surface area contributed by atoms with Crippen molar-refractivity contribution in [3.8, 4) is 0 Å². The quantitative estimate of drug-likeness (QED) is 0.925. The molecule has 2 aliphatic heterocycles. The molecule has 26 heavy (non-hydrogen) atoms. The molecule has 5 rings (SSSR count). The molecule has 6 nitrogen and oxygen atoms in total. The summed E-state index contributed by atoms with van der Waals surface area (Å²) in [5.74, 6) is 2.51. The van der Waals surface area contributed by atoms with Crippen molar-refractivity contribution in [1.82, 2.24) is 25.0 Å². The first kappa shape index (κ1) is 15.9. The van der Waals surface area contributed by atoms with Gasteiger partial charge in [-0.3, -0.25) is 0 Å². The molecule has 3 aliphatic rings. The van der Waals surface area contributed by atoms with Crippen molar-refractivity contribution >= 4 is 6.03 Å². The Hall–Kier alpha value is -2.37. The molecule has 1 saturated heterocycles. The number of likely N-dealkylation sites (tertiary alicyclic amines) is 1. The molecular weight excluding hydrogens is 326 g/mol. The zero-order valence-electron chi connectivity index (χ0n) is 15.0. The number of urea groups is 1. The number of carbonyl (C=O) groups excluding carboxylic acids is 1. The molecule has 0 bridgehead atoms. The number of aromatic nitrogens is 3. The van der Waals surface area contributed by atoms with Gasteiger partial charge in [0.05, 0.1) is 12.1 Å². The monoisotopic (exact) mass is 351 g/mol. The molecule has 0 unspecified atom stereocenters. The third-order valence-corrected chi connectivity index (χ3v) is 6.52. The van der Waals surface area contributed by atoms with E-state index in [1.165, 1.54) is 24.8 Å². The van der Waals surface area contributed by atoms with E-state index >= 15 is 0 Å². The summed E-state index contributed by atoms with van der Waals surface area (Å²) in [7, 11) is 0. The highest BCUT2D eigenvalue weighted by Crippen LogP contribution is 2.53. The summed E-state index contributed by atoms with van der Waals surface area (Å²) in [5, 5.41) is 11.6. The summed E-state index contributed by atoms with van der Waals surface area (Å²) in [6, 6.07) is 10.6. The Morgan fingerprint density at radius 1 is 1.19 bits per heavy atom. The summed E-state index contributed by atoms with van der Waals surface area (Å²) in [4.78, 5) is 15.1. The van der Waals surface area contributed by atoms with Gasteiger partial charge < -0.3 is 14.8 Å². The van der Waals surface area contributed by atoms with Gasteiger partial charge in [0, 0.05) is 25.4 Å². The Morgan fingerprint density at radius 2 is 2.08 bits per heavy atom. The van der Waals surface area contributed by atoms with Crippen molar-refractivity contribution in [2.45, 2.75) is 57.2 Å². The highest BCUT2D eigenvalue weighted by molar-refractivity contribution is 5.77. The van der Waals surface area contributed by atoms with Crippen LogP contribution in [-0.4, -0.2) is 32.2 Å². The van der Waals surface area contributed by atoms with Crippen LogP contribution in [0.15, 0.2) is 30.3 Å². The fourth-order valence-corrected chi connectivity index (χ4v) is 5.22. The minimum Gasteiger partial charge on any atom is -0.331 e. The summed E-state index contributed by atoms with van der Waals surface area (Å²) >= 11 is 0. The number of hydrogen-bond donors (Lipinski definition) is 1. The van der Waals surface area contributed by atoms with Crippen LogP contribution in [0.4, 0.5) is 4.79 Å². The molecule has 1 aliphatic carbocycles. The Labute approximate surface area is 153 Å².